The van der Waals surface area contributed by atoms with E-state index in [4.69, 9.17) is 23.9 Å². The van der Waals surface area contributed by atoms with Gasteiger partial charge in [-0.1, -0.05) is 0 Å². The summed E-state index contributed by atoms with van der Waals surface area (Å²) in [6, 6.07) is 7.65. The van der Waals surface area contributed by atoms with E-state index in [2.05, 4.69) is 14.9 Å². The third kappa shape index (κ3) is 4.18. The fourth-order valence-electron chi connectivity index (χ4n) is 2.81. The number of rotatable bonds is 8. The molecule has 0 amide bonds. The first-order valence-corrected chi connectivity index (χ1v) is 9.52. The number of nitrogens with zero attached hydrogens (tertiary/aromatic N) is 3. The molecule has 3 aromatic rings. The molecule has 148 valence electrons. The topological polar surface area (TPSA) is 67.1 Å². The number of hydrogen-bond acceptors (Lipinski definition) is 7. The summed E-state index contributed by atoms with van der Waals surface area (Å²) in [4.78, 5) is 9.72. The summed E-state index contributed by atoms with van der Waals surface area (Å²) in [7, 11) is 6.49. The predicted octanol–water partition coefficient (Wildman–Crippen LogP) is 3.52. The molecule has 0 unspecified atom stereocenters. The van der Waals surface area contributed by atoms with Gasteiger partial charge in [0.2, 0.25) is 5.75 Å². The van der Waals surface area contributed by atoms with Crippen molar-refractivity contribution in [2.24, 2.45) is 4.99 Å². The lowest BCUT2D eigenvalue weighted by atomic mass is 10.1. The molecule has 0 radical (unpaired) electrons. The van der Waals surface area contributed by atoms with Crippen LogP contribution >= 0.6 is 11.3 Å². The zero-order valence-electron chi connectivity index (χ0n) is 16.3. The van der Waals surface area contributed by atoms with Crippen molar-refractivity contribution in [2.45, 2.75) is 6.54 Å². The summed E-state index contributed by atoms with van der Waals surface area (Å²) < 4.78 is 23.8. The number of ether oxygens (including phenoxy) is 4. The molecule has 1 aromatic carbocycles. The lowest BCUT2D eigenvalue weighted by Gasteiger charge is -2.15. The molecule has 0 saturated heterocycles. The molecule has 28 heavy (non-hydrogen) atoms. The van der Waals surface area contributed by atoms with Gasteiger partial charge in [-0.15, -0.1) is 11.3 Å². The first-order valence-electron chi connectivity index (χ1n) is 8.64. The lowest BCUT2D eigenvalue weighted by molar-refractivity contribution is 0.187. The minimum absolute atomic E-state index is 0.563. The van der Waals surface area contributed by atoms with Crippen molar-refractivity contribution < 1.29 is 18.9 Å². The third-order valence-corrected chi connectivity index (χ3v) is 5.01. The quantitative estimate of drug-likeness (QED) is 0.578. The molecule has 0 saturated carbocycles. The van der Waals surface area contributed by atoms with Gasteiger partial charge in [0.15, 0.2) is 16.3 Å². The highest BCUT2D eigenvalue weighted by molar-refractivity contribution is 7.07. The maximum Gasteiger partial charge on any atom is 0.203 e. The smallest absolute Gasteiger partial charge is 0.203 e. The van der Waals surface area contributed by atoms with E-state index in [9.17, 15) is 0 Å². The summed E-state index contributed by atoms with van der Waals surface area (Å²) in [6.07, 6.45) is 3.47. The van der Waals surface area contributed by atoms with Gasteiger partial charge in [0.05, 0.1) is 45.5 Å². The van der Waals surface area contributed by atoms with E-state index in [0.29, 0.717) is 30.4 Å². The van der Waals surface area contributed by atoms with Crippen molar-refractivity contribution in [3.63, 3.8) is 0 Å². The van der Waals surface area contributed by atoms with Crippen LogP contribution in [0.2, 0.25) is 0 Å². The zero-order chi connectivity index (χ0) is 19.9. The molecule has 0 atom stereocenters. The van der Waals surface area contributed by atoms with Gasteiger partial charge >= 0.3 is 0 Å². The molecule has 2 heterocycles. The molecule has 0 aliphatic heterocycles. The van der Waals surface area contributed by atoms with Gasteiger partial charge in [-0.25, -0.2) is 4.99 Å². The lowest BCUT2D eigenvalue weighted by Crippen LogP contribution is -2.18. The minimum atomic E-state index is 0.563. The van der Waals surface area contributed by atoms with E-state index in [1.807, 2.05) is 24.3 Å². The molecule has 3 rings (SSSR count). The van der Waals surface area contributed by atoms with E-state index in [0.717, 1.165) is 21.7 Å². The van der Waals surface area contributed by atoms with Gasteiger partial charge in [-0.05, 0) is 24.3 Å². The Kier molecular flexibility index (Phi) is 6.67. The standard InChI is InChI=1S/C20H23N3O4S/c1-24-9-8-23-16(13-28-20(23)22-15-6-5-7-21-12-15)14-10-17(25-2)19(27-4)18(11-14)26-3/h5-7,10-13H,8-9H2,1-4H3. The maximum atomic E-state index is 5.50. The summed E-state index contributed by atoms with van der Waals surface area (Å²) in [5, 5.41) is 2.06. The van der Waals surface area contributed by atoms with Gasteiger partial charge in [0.25, 0.3) is 0 Å². The molecule has 8 heteroatoms. The van der Waals surface area contributed by atoms with Crippen molar-refractivity contribution in [1.82, 2.24) is 9.55 Å². The highest BCUT2D eigenvalue weighted by atomic mass is 32.1. The van der Waals surface area contributed by atoms with E-state index in [-0.39, 0.29) is 0 Å². The fraction of sp³-hybridized carbons (Fsp3) is 0.300. The van der Waals surface area contributed by atoms with Crippen LogP contribution in [0.15, 0.2) is 47.0 Å². The minimum Gasteiger partial charge on any atom is -0.493 e. The molecule has 7 nitrogen and oxygen atoms in total. The number of hydrogen-bond donors (Lipinski definition) is 0. The van der Waals surface area contributed by atoms with Crippen LogP contribution in [0.25, 0.3) is 11.3 Å². The van der Waals surface area contributed by atoms with Crippen LogP contribution in [-0.4, -0.2) is 44.6 Å². The van der Waals surface area contributed by atoms with Gasteiger partial charge in [-0.2, -0.15) is 0 Å². The van der Waals surface area contributed by atoms with Crippen LogP contribution in [0.3, 0.4) is 0 Å². The first kappa shape index (κ1) is 19.9. The molecule has 2 aromatic heterocycles. The molecule has 0 bridgehead atoms. The number of methoxy groups -OCH3 is 4. The summed E-state index contributed by atoms with van der Waals surface area (Å²) >= 11 is 1.55. The van der Waals surface area contributed by atoms with Crippen LogP contribution < -0.4 is 19.0 Å². The first-order chi connectivity index (χ1) is 13.7. The maximum absolute atomic E-state index is 5.50. The molecule has 0 spiro atoms. The van der Waals surface area contributed by atoms with Crippen LogP contribution in [-0.2, 0) is 11.3 Å². The number of benzene rings is 1. The van der Waals surface area contributed by atoms with Crippen molar-refractivity contribution in [3.8, 4) is 28.5 Å². The summed E-state index contributed by atoms with van der Waals surface area (Å²) in [5.74, 6) is 1.77. The van der Waals surface area contributed by atoms with Gasteiger partial charge in [0, 0.05) is 30.8 Å². The SMILES string of the molecule is COCCn1c(-c2cc(OC)c(OC)c(OC)c2)csc1=Nc1cccnc1. The van der Waals surface area contributed by atoms with Crippen molar-refractivity contribution >= 4 is 17.0 Å². The van der Waals surface area contributed by atoms with Crippen LogP contribution in [0.5, 0.6) is 17.2 Å². The van der Waals surface area contributed by atoms with E-state index >= 15 is 0 Å². The molecule has 0 aliphatic carbocycles. The van der Waals surface area contributed by atoms with E-state index < -0.39 is 0 Å². The number of thiazole rings is 1. The Labute approximate surface area is 167 Å². The van der Waals surface area contributed by atoms with Crippen molar-refractivity contribution in [1.29, 1.82) is 0 Å². The Morgan fingerprint density at radius 1 is 1.07 bits per heavy atom. The van der Waals surface area contributed by atoms with Crippen molar-refractivity contribution in [3.05, 3.63) is 46.8 Å². The molecule has 0 aliphatic rings. The second-order valence-electron chi connectivity index (χ2n) is 5.78. The van der Waals surface area contributed by atoms with Crippen LogP contribution in [0, 0.1) is 0 Å². The molecular weight excluding hydrogens is 378 g/mol. The Bertz CT molecular complexity index is 958. The average molecular weight is 401 g/mol. The molecular formula is C20H23N3O4S. The largest absolute Gasteiger partial charge is 0.493 e. The highest BCUT2D eigenvalue weighted by Crippen LogP contribution is 2.41. The third-order valence-electron chi connectivity index (χ3n) is 4.15. The van der Waals surface area contributed by atoms with Gasteiger partial charge < -0.3 is 23.5 Å². The fourth-order valence-corrected chi connectivity index (χ4v) is 3.76. The van der Waals surface area contributed by atoms with Crippen LogP contribution in [0.1, 0.15) is 0 Å². The molecule has 0 N–H and O–H groups in total. The second-order valence-corrected chi connectivity index (χ2v) is 6.62. The van der Waals surface area contributed by atoms with Gasteiger partial charge in [0.1, 0.15) is 0 Å². The average Bonchev–Trinajstić information content (AvgIpc) is 3.13. The Morgan fingerprint density at radius 2 is 1.82 bits per heavy atom. The summed E-state index contributed by atoms with van der Waals surface area (Å²) in [5.41, 5.74) is 2.73. The van der Waals surface area contributed by atoms with Crippen LogP contribution in [0.4, 0.5) is 5.69 Å². The van der Waals surface area contributed by atoms with Crippen molar-refractivity contribution in [2.75, 3.05) is 35.0 Å². The number of pyridine rings is 1. The number of aromatic nitrogens is 2. The Balaban J connectivity index is 2.16. The highest BCUT2D eigenvalue weighted by Gasteiger charge is 2.17. The van der Waals surface area contributed by atoms with Gasteiger partial charge in [-0.3, -0.25) is 4.98 Å². The normalized spacial score (nSPS) is 11.5. The zero-order valence-corrected chi connectivity index (χ0v) is 17.2. The second kappa shape index (κ2) is 9.38. The Hall–Kier alpha value is -2.84. The van der Waals surface area contributed by atoms with E-state index in [1.165, 1.54) is 0 Å². The molecule has 0 fully saturated rings. The predicted molar refractivity (Wildman–Crippen MR) is 109 cm³/mol. The monoisotopic (exact) mass is 401 g/mol. The Morgan fingerprint density at radius 3 is 2.39 bits per heavy atom. The van der Waals surface area contributed by atoms with E-state index in [1.54, 1.807) is 52.2 Å². The summed E-state index contributed by atoms with van der Waals surface area (Å²) in [6.45, 7) is 1.22.